The van der Waals surface area contributed by atoms with Gasteiger partial charge in [-0.1, -0.05) is 0 Å². The van der Waals surface area contributed by atoms with E-state index in [0.717, 1.165) is 4.90 Å². The molecule has 0 aliphatic heterocycles. The number of halogens is 1. The van der Waals surface area contributed by atoms with E-state index in [1.54, 1.807) is 12.1 Å². The number of hydrogen-bond acceptors (Lipinski definition) is 5. The highest BCUT2D eigenvalue weighted by Crippen LogP contribution is 2.20. The summed E-state index contributed by atoms with van der Waals surface area (Å²) in [6, 6.07) is 13.3. The molecule has 0 fully saturated rings. The first kappa shape index (κ1) is 18.6. The number of fused-ring (bicyclic) bond motifs is 1. The molecule has 8 heteroatoms. The molecule has 0 saturated heterocycles. The molecule has 2 aromatic carbocycles. The second kappa shape index (κ2) is 8.03. The van der Waals surface area contributed by atoms with E-state index in [4.69, 9.17) is 4.42 Å². The van der Waals surface area contributed by atoms with Crippen LogP contribution in [0.1, 0.15) is 6.42 Å². The first-order chi connectivity index (χ1) is 12.4. The maximum absolute atomic E-state index is 12.8. The Hall–Kier alpha value is -2.16. The van der Waals surface area contributed by atoms with Crippen LogP contribution < -0.4 is 10.3 Å². The fourth-order valence-corrected chi connectivity index (χ4v) is 4.26. The van der Waals surface area contributed by atoms with Gasteiger partial charge in [-0.2, -0.15) is 0 Å². The largest absolute Gasteiger partial charge is 0.423 e. The van der Waals surface area contributed by atoms with E-state index in [2.05, 4.69) is 4.72 Å². The highest BCUT2D eigenvalue weighted by molar-refractivity contribution is 7.99. The van der Waals surface area contributed by atoms with Crippen LogP contribution in [-0.2, 0) is 10.0 Å². The summed E-state index contributed by atoms with van der Waals surface area (Å²) in [4.78, 5) is 12.2. The van der Waals surface area contributed by atoms with Crippen molar-refractivity contribution < 1.29 is 17.2 Å². The van der Waals surface area contributed by atoms with Gasteiger partial charge in [0.05, 0.1) is 4.90 Å². The molecule has 0 spiro atoms. The summed E-state index contributed by atoms with van der Waals surface area (Å²) in [5.41, 5.74) is -0.142. The van der Waals surface area contributed by atoms with Crippen molar-refractivity contribution in [2.45, 2.75) is 16.2 Å². The second-order valence-electron chi connectivity index (χ2n) is 5.51. The Labute approximate surface area is 154 Å². The molecule has 1 N–H and O–H groups in total. The van der Waals surface area contributed by atoms with Crippen LogP contribution in [0.25, 0.3) is 11.0 Å². The van der Waals surface area contributed by atoms with Crippen LogP contribution >= 0.6 is 11.8 Å². The summed E-state index contributed by atoms with van der Waals surface area (Å²) in [5.74, 6) is 0.425. The summed E-state index contributed by atoms with van der Waals surface area (Å²) < 4.78 is 45.1. The Morgan fingerprint density at radius 2 is 1.81 bits per heavy atom. The summed E-state index contributed by atoms with van der Waals surface area (Å²) in [5, 5.41) is 0.541. The maximum atomic E-state index is 12.8. The average Bonchev–Trinajstić information content (AvgIpc) is 2.62. The molecular weight excluding hydrogens is 377 g/mol. The fraction of sp³-hybridized carbons (Fsp3) is 0.167. The normalized spacial score (nSPS) is 11.7. The van der Waals surface area contributed by atoms with Crippen molar-refractivity contribution in [2.24, 2.45) is 0 Å². The molecule has 0 aliphatic rings. The molecule has 0 amide bonds. The number of nitrogens with one attached hydrogen (secondary N) is 1. The van der Waals surface area contributed by atoms with Crippen LogP contribution in [0.4, 0.5) is 4.39 Å². The summed E-state index contributed by atoms with van der Waals surface area (Å²) in [6.45, 7) is 0.290. The van der Waals surface area contributed by atoms with E-state index < -0.39 is 15.6 Å². The minimum atomic E-state index is -3.64. The van der Waals surface area contributed by atoms with Gasteiger partial charge in [0.25, 0.3) is 0 Å². The summed E-state index contributed by atoms with van der Waals surface area (Å²) in [7, 11) is -3.64. The van der Waals surface area contributed by atoms with Crippen LogP contribution in [0, 0.1) is 5.82 Å². The van der Waals surface area contributed by atoms with E-state index >= 15 is 0 Å². The lowest BCUT2D eigenvalue weighted by Gasteiger charge is -2.07. The number of rotatable bonds is 7. The lowest BCUT2D eigenvalue weighted by molar-refractivity contribution is 0.560. The molecule has 5 nitrogen and oxygen atoms in total. The highest BCUT2D eigenvalue weighted by atomic mass is 32.2. The first-order valence-corrected chi connectivity index (χ1v) is 10.3. The van der Waals surface area contributed by atoms with Crippen LogP contribution in [0.3, 0.4) is 0 Å². The van der Waals surface area contributed by atoms with E-state index in [0.29, 0.717) is 29.7 Å². The van der Waals surface area contributed by atoms with E-state index in [-0.39, 0.29) is 10.7 Å². The molecule has 0 saturated carbocycles. The SMILES string of the molecule is O=c1ccc2cc(S(=O)(=O)NCCCSc3ccc(F)cc3)ccc2o1. The molecule has 1 aromatic heterocycles. The van der Waals surface area contributed by atoms with Gasteiger partial charge in [-0.25, -0.2) is 22.3 Å². The van der Waals surface area contributed by atoms with Gasteiger partial charge in [0, 0.05) is 22.9 Å². The van der Waals surface area contributed by atoms with Crippen molar-refractivity contribution >= 4 is 32.8 Å². The van der Waals surface area contributed by atoms with Crippen LogP contribution in [-0.4, -0.2) is 20.7 Å². The van der Waals surface area contributed by atoms with Crippen molar-refractivity contribution in [1.29, 1.82) is 0 Å². The molecule has 136 valence electrons. The third kappa shape index (κ3) is 4.72. The van der Waals surface area contributed by atoms with E-state index in [9.17, 15) is 17.6 Å². The molecule has 0 unspecified atom stereocenters. The van der Waals surface area contributed by atoms with Gasteiger partial charge in [0.1, 0.15) is 11.4 Å². The molecule has 1 heterocycles. The molecule has 26 heavy (non-hydrogen) atoms. The van der Waals surface area contributed by atoms with Crippen LogP contribution in [0.15, 0.2) is 73.6 Å². The van der Waals surface area contributed by atoms with Crippen molar-refractivity contribution in [3.63, 3.8) is 0 Å². The number of thioether (sulfide) groups is 1. The molecule has 3 aromatic rings. The topological polar surface area (TPSA) is 76.4 Å². The summed E-state index contributed by atoms with van der Waals surface area (Å²) in [6.07, 6.45) is 0.629. The maximum Gasteiger partial charge on any atom is 0.336 e. The molecular formula is C18H16FNO4S2. The number of hydrogen-bond donors (Lipinski definition) is 1. The molecule has 3 rings (SSSR count). The standard InChI is InChI=1S/C18H16FNO4S2/c19-14-3-5-15(6-4-14)25-11-1-10-20-26(22,23)16-7-8-17-13(12-16)2-9-18(21)24-17/h2-9,12,20H,1,10-11H2. The van der Waals surface area contributed by atoms with Gasteiger partial charge in [-0.15, -0.1) is 11.8 Å². The smallest absolute Gasteiger partial charge is 0.336 e. The second-order valence-corrected chi connectivity index (χ2v) is 8.44. The van der Waals surface area contributed by atoms with Gasteiger partial charge in [-0.05, 0) is 60.7 Å². The lowest BCUT2D eigenvalue weighted by Crippen LogP contribution is -2.25. The minimum Gasteiger partial charge on any atom is -0.423 e. The fourth-order valence-electron chi connectivity index (χ4n) is 2.30. The van der Waals surface area contributed by atoms with Crippen molar-refractivity contribution in [3.8, 4) is 0 Å². The Morgan fingerprint density at radius 3 is 2.58 bits per heavy atom. The van der Waals surface area contributed by atoms with Gasteiger partial charge in [0.2, 0.25) is 10.0 Å². The zero-order chi connectivity index (χ0) is 18.6. The zero-order valence-electron chi connectivity index (χ0n) is 13.6. The predicted octanol–water partition coefficient (Wildman–Crippen LogP) is 3.39. The van der Waals surface area contributed by atoms with Gasteiger partial charge >= 0.3 is 5.63 Å². The van der Waals surface area contributed by atoms with Crippen molar-refractivity contribution in [3.05, 3.63) is 70.8 Å². The van der Waals surface area contributed by atoms with Gasteiger partial charge in [-0.3, -0.25) is 0 Å². The highest BCUT2D eigenvalue weighted by Gasteiger charge is 2.14. The zero-order valence-corrected chi connectivity index (χ0v) is 15.3. The van der Waals surface area contributed by atoms with Crippen molar-refractivity contribution in [1.82, 2.24) is 4.72 Å². The Balaban J connectivity index is 1.56. The van der Waals surface area contributed by atoms with Gasteiger partial charge in [0.15, 0.2) is 0 Å². The minimum absolute atomic E-state index is 0.116. The third-order valence-corrected chi connectivity index (χ3v) is 6.15. The Morgan fingerprint density at radius 1 is 1.04 bits per heavy atom. The monoisotopic (exact) mass is 393 g/mol. The molecule has 0 bridgehead atoms. The van der Waals surface area contributed by atoms with Crippen LogP contribution in [0.5, 0.6) is 0 Å². The van der Waals surface area contributed by atoms with E-state index in [1.807, 2.05) is 0 Å². The van der Waals surface area contributed by atoms with Gasteiger partial charge < -0.3 is 4.42 Å². The molecule has 0 radical (unpaired) electrons. The quantitative estimate of drug-likeness (QED) is 0.378. The summed E-state index contributed by atoms with van der Waals surface area (Å²) >= 11 is 1.54. The Kier molecular flexibility index (Phi) is 5.75. The lowest BCUT2D eigenvalue weighted by atomic mass is 10.2. The number of benzene rings is 2. The first-order valence-electron chi connectivity index (χ1n) is 7.86. The predicted molar refractivity (Wildman–Crippen MR) is 99.4 cm³/mol. The number of sulfonamides is 1. The average molecular weight is 393 g/mol. The van der Waals surface area contributed by atoms with Crippen molar-refractivity contribution in [2.75, 3.05) is 12.3 Å². The van der Waals surface area contributed by atoms with E-state index in [1.165, 1.54) is 54.2 Å². The molecule has 0 atom stereocenters. The molecule has 0 aliphatic carbocycles. The Bertz CT molecular complexity index is 1060. The van der Waals surface area contributed by atoms with Crippen LogP contribution in [0.2, 0.25) is 0 Å². The third-order valence-electron chi connectivity index (χ3n) is 3.60.